The Labute approximate surface area is 171 Å². The standard InChI is InChI=1S/C20H22N6O2S/c1-12(2)15-10-16(24-23-15)20(27)21-6-7-26-19(18-5-4-8-29-18)14(11-22-26)17-9-13(3)25-28-17/h4-5,8-12H,6-7H2,1-3H3,(H,21,27)(H,23,24). The maximum absolute atomic E-state index is 12.4. The first kappa shape index (κ1) is 19.1. The highest BCUT2D eigenvalue weighted by Crippen LogP contribution is 2.34. The summed E-state index contributed by atoms with van der Waals surface area (Å²) in [6, 6.07) is 7.72. The van der Waals surface area contributed by atoms with E-state index in [4.69, 9.17) is 4.52 Å². The minimum absolute atomic E-state index is 0.205. The lowest BCUT2D eigenvalue weighted by atomic mass is 10.1. The number of aromatic amines is 1. The van der Waals surface area contributed by atoms with E-state index >= 15 is 0 Å². The molecule has 9 heteroatoms. The van der Waals surface area contributed by atoms with Crippen LogP contribution < -0.4 is 5.32 Å². The number of aryl methyl sites for hydroxylation is 1. The molecule has 150 valence electrons. The number of aromatic nitrogens is 5. The van der Waals surface area contributed by atoms with Crippen molar-refractivity contribution in [3.05, 3.63) is 52.9 Å². The van der Waals surface area contributed by atoms with Crippen LogP contribution in [0.2, 0.25) is 0 Å². The third-order valence-corrected chi connectivity index (χ3v) is 5.43. The Morgan fingerprint density at radius 2 is 2.24 bits per heavy atom. The lowest BCUT2D eigenvalue weighted by molar-refractivity contribution is 0.0947. The zero-order valence-electron chi connectivity index (χ0n) is 16.5. The Kier molecular flexibility index (Phi) is 5.30. The minimum atomic E-state index is -0.205. The molecule has 8 nitrogen and oxygen atoms in total. The first-order valence-electron chi connectivity index (χ1n) is 9.40. The van der Waals surface area contributed by atoms with Crippen LogP contribution in [-0.2, 0) is 6.54 Å². The summed E-state index contributed by atoms with van der Waals surface area (Å²) in [5, 5.41) is 20.4. The molecule has 0 aliphatic carbocycles. The number of thiophene rings is 1. The highest BCUT2D eigenvalue weighted by molar-refractivity contribution is 7.13. The van der Waals surface area contributed by atoms with Crippen LogP contribution in [0.15, 0.2) is 40.4 Å². The number of H-pyrrole nitrogens is 1. The lowest BCUT2D eigenvalue weighted by Crippen LogP contribution is -2.28. The van der Waals surface area contributed by atoms with Gasteiger partial charge in [-0.05, 0) is 30.4 Å². The fourth-order valence-electron chi connectivity index (χ4n) is 3.01. The zero-order chi connectivity index (χ0) is 20.4. The van der Waals surface area contributed by atoms with Gasteiger partial charge in [0.1, 0.15) is 5.69 Å². The fourth-order valence-corrected chi connectivity index (χ4v) is 3.80. The molecule has 0 saturated carbocycles. The van der Waals surface area contributed by atoms with Gasteiger partial charge in [-0.2, -0.15) is 10.2 Å². The molecule has 0 spiro atoms. The second kappa shape index (κ2) is 8.04. The maximum atomic E-state index is 12.4. The molecule has 29 heavy (non-hydrogen) atoms. The first-order chi connectivity index (χ1) is 14.0. The van der Waals surface area contributed by atoms with Gasteiger partial charge in [-0.1, -0.05) is 25.1 Å². The van der Waals surface area contributed by atoms with Gasteiger partial charge in [-0.25, -0.2) is 0 Å². The van der Waals surface area contributed by atoms with Gasteiger partial charge < -0.3 is 9.84 Å². The van der Waals surface area contributed by atoms with Gasteiger partial charge in [-0.3, -0.25) is 14.6 Å². The number of nitrogens with zero attached hydrogens (tertiary/aromatic N) is 4. The van der Waals surface area contributed by atoms with Crippen LogP contribution in [0.25, 0.3) is 21.9 Å². The van der Waals surface area contributed by atoms with E-state index in [0.29, 0.717) is 30.5 Å². The number of rotatable bonds is 7. The predicted molar refractivity (Wildman–Crippen MR) is 111 cm³/mol. The van der Waals surface area contributed by atoms with Gasteiger partial charge >= 0.3 is 0 Å². The molecule has 0 aliphatic rings. The van der Waals surface area contributed by atoms with Crippen molar-refractivity contribution in [3.8, 4) is 21.9 Å². The number of carbonyl (C=O) groups is 1. The van der Waals surface area contributed by atoms with Crippen LogP contribution in [0, 0.1) is 6.92 Å². The Morgan fingerprint density at radius 1 is 1.38 bits per heavy atom. The Balaban J connectivity index is 1.50. The van der Waals surface area contributed by atoms with Crippen molar-refractivity contribution in [2.24, 2.45) is 0 Å². The van der Waals surface area contributed by atoms with E-state index < -0.39 is 0 Å². The number of hydrogen-bond donors (Lipinski definition) is 2. The lowest BCUT2D eigenvalue weighted by Gasteiger charge is -2.08. The normalized spacial score (nSPS) is 11.3. The Hall–Kier alpha value is -3.20. The highest BCUT2D eigenvalue weighted by Gasteiger charge is 2.19. The maximum Gasteiger partial charge on any atom is 0.271 e. The smallest absolute Gasteiger partial charge is 0.271 e. The monoisotopic (exact) mass is 410 g/mol. The second-order valence-corrected chi connectivity index (χ2v) is 8.01. The summed E-state index contributed by atoms with van der Waals surface area (Å²) < 4.78 is 7.32. The molecule has 4 aromatic rings. The van der Waals surface area contributed by atoms with Crippen molar-refractivity contribution >= 4 is 17.2 Å². The van der Waals surface area contributed by atoms with E-state index in [-0.39, 0.29) is 5.91 Å². The third-order valence-electron chi connectivity index (χ3n) is 4.55. The summed E-state index contributed by atoms with van der Waals surface area (Å²) in [6.07, 6.45) is 1.78. The van der Waals surface area contributed by atoms with Crippen molar-refractivity contribution in [1.29, 1.82) is 0 Å². The quantitative estimate of drug-likeness (QED) is 0.482. The average molecular weight is 411 g/mol. The van der Waals surface area contributed by atoms with Crippen LogP contribution in [0.1, 0.15) is 41.6 Å². The van der Waals surface area contributed by atoms with Crippen molar-refractivity contribution in [3.63, 3.8) is 0 Å². The topological polar surface area (TPSA) is 102 Å². The van der Waals surface area contributed by atoms with Crippen LogP contribution in [0.4, 0.5) is 0 Å². The van der Waals surface area contributed by atoms with Crippen LogP contribution >= 0.6 is 11.3 Å². The van der Waals surface area contributed by atoms with Crippen molar-refractivity contribution in [1.82, 2.24) is 30.5 Å². The molecule has 4 aromatic heterocycles. The summed E-state index contributed by atoms with van der Waals surface area (Å²) in [7, 11) is 0. The van der Waals surface area contributed by atoms with E-state index in [1.54, 1.807) is 23.6 Å². The molecule has 1 amide bonds. The molecule has 0 unspecified atom stereocenters. The molecule has 0 bridgehead atoms. The van der Waals surface area contributed by atoms with E-state index in [0.717, 1.165) is 27.5 Å². The number of nitrogens with one attached hydrogen (secondary N) is 2. The summed E-state index contributed by atoms with van der Waals surface area (Å²) >= 11 is 1.63. The van der Waals surface area contributed by atoms with Gasteiger partial charge in [0, 0.05) is 18.3 Å². The molecule has 0 saturated heterocycles. The van der Waals surface area contributed by atoms with Crippen LogP contribution in [-0.4, -0.2) is 37.6 Å². The highest BCUT2D eigenvalue weighted by atomic mass is 32.1. The predicted octanol–water partition coefficient (Wildman–Crippen LogP) is 3.85. The molecule has 0 aliphatic heterocycles. The van der Waals surface area contributed by atoms with Crippen LogP contribution in [0.5, 0.6) is 0 Å². The Bertz CT molecular complexity index is 1110. The summed E-state index contributed by atoms with van der Waals surface area (Å²) in [4.78, 5) is 13.4. The molecule has 2 N–H and O–H groups in total. The number of carbonyl (C=O) groups excluding carboxylic acids is 1. The van der Waals surface area contributed by atoms with Gasteiger partial charge in [0.15, 0.2) is 5.76 Å². The molecule has 4 heterocycles. The molecule has 0 atom stereocenters. The van der Waals surface area contributed by atoms with Crippen molar-refractivity contribution in [2.45, 2.75) is 33.2 Å². The third kappa shape index (κ3) is 4.00. The fraction of sp³-hybridized carbons (Fsp3) is 0.300. The van der Waals surface area contributed by atoms with E-state index in [9.17, 15) is 4.79 Å². The molecule has 0 radical (unpaired) electrons. The average Bonchev–Trinajstić information content (AvgIpc) is 3.47. The van der Waals surface area contributed by atoms with Crippen molar-refractivity contribution in [2.75, 3.05) is 6.54 Å². The number of amides is 1. The first-order valence-corrected chi connectivity index (χ1v) is 10.3. The largest absolute Gasteiger partial charge is 0.356 e. The summed E-state index contributed by atoms with van der Waals surface area (Å²) in [5.74, 6) is 0.766. The van der Waals surface area contributed by atoms with Gasteiger partial charge in [0.2, 0.25) is 0 Å². The van der Waals surface area contributed by atoms with E-state index in [1.807, 2.05) is 49.0 Å². The second-order valence-electron chi connectivity index (χ2n) is 7.06. The summed E-state index contributed by atoms with van der Waals surface area (Å²) in [6.45, 7) is 6.93. The molecule has 0 fully saturated rings. The minimum Gasteiger partial charge on any atom is -0.356 e. The van der Waals surface area contributed by atoms with Gasteiger partial charge in [0.25, 0.3) is 5.91 Å². The molecular formula is C20H22N6O2S. The zero-order valence-corrected chi connectivity index (χ0v) is 17.3. The molecule has 0 aromatic carbocycles. The number of hydrogen-bond acceptors (Lipinski definition) is 6. The summed E-state index contributed by atoms with van der Waals surface area (Å²) in [5.41, 5.74) is 3.98. The SMILES string of the molecule is Cc1cc(-c2cnn(CCNC(=O)c3cc(C(C)C)[nH]n3)c2-c2cccs2)on1. The molecular weight excluding hydrogens is 388 g/mol. The molecule has 4 rings (SSSR count). The van der Waals surface area contributed by atoms with E-state index in [1.165, 1.54) is 0 Å². The van der Waals surface area contributed by atoms with Gasteiger partial charge in [0.05, 0.1) is 34.6 Å². The van der Waals surface area contributed by atoms with Gasteiger partial charge in [-0.15, -0.1) is 11.3 Å². The Morgan fingerprint density at radius 3 is 2.90 bits per heavy atom. The van der Waals surface area contributed by atoms with Crippen LogP contribution in [0.3, 0.4) is 0 Å². The van der Waals surface area contributed by atoms with Crippen molar-refractivity contribution < 1.29 is 9.32 Å². The van der Waals surface area contributed by atoms with E-state index in [2.05, 4.69) is 25.8 Å².